The standard InChI is InChI=1S/C12H15NO2/c1-10(12(14)15)4-2-3-5-11-6-8-13-9-7-11/h3,5-10H,2,4H2,1H3,(H,14,15)/b5-3+. The quantitative estimate of drug-likeness (QED) is 0.803. The summed E-state index contributed by atoms with van der Waals surface area (Å²) >= 11 is 0. The maximum Gasteiger partial charge on any atom is 0.306 e. The van der Waals surface area contributed by atoms with E-state index in [4.69, 9.17) is 5.11 Å². The predicted octanol–water partition coefficient (Wildman–Crippen LogP) is 2.60. The fourth-order valence-electron chi connectivity index (χ4n) is 1.16. The van der Waals surface area contributed by atoms with Crippen LogP contribution in [-0.4, -0.2) is 16.1 Å². The number of aromatic nitrogens is 1. The number of carboxylic acid groups (broad SMARTS) is 1. The lowest BCUT2D eigenvalue weighted by atomic mass is 10.1. The second-order valence-electron chi connectivity index (χ2n) is 3.50. The molecule has 0 aliphatic carbocycles. The van der Waals surface area contributed by atoms with Crippen molar-refractivity contribution in [2.75, 3.05) is 0 Å². The van der Waals surface area contributed by atoms with Crippen LogP contribution in [0.5, 0.6) is 0 Å². The Morgan fingerprint density at radius 2 is 2.20 bits per heavy atom. The number of hydrogen-bond donors (Lipinski definition) is 1. The van der Waals surface area contributed by atoms with E-state index in [0.717, 1.165) is 12.0 Å². The molecule has 0 aromatic carbocycles. The maximum atomic E-state index is 10.5. The van der Waals surface area contributed by atoms with Gasteiger partial charge < -0.3 is 5.11 Å². The molecule has 15 heavy (non-hydrogen) atoms. The van der Waals surface area contributed by atoms with Crippen LogP contribution in [0.2, 0.25) is 0 Å². The first-order valence-electron chi connectivity index (χ1n) is 4.99. The Hall–Kier alpha value is -1.64. The summed E-state index contributed by atoms with van der Waals surface area (Å²) in [5.74, 6) is -1.00. The molecular formula is C12H15NO2. The summed E-state index contributed by atoms with van der Waals surface area (Å²) in [5.41, 5.74) is 1.09. The third kappa shape index (κ3) is 4.40. The minimum atomic E-state index is -0.729. The lowest BCUT2D eigenvalue weighted by Gasteiger charge is -2.01. The first-order chi connectivity index (χ1) is 7.20. The molecule has 0 aliphatic rings. The van der Waals surface area contributed by atoms with Crippen molar-refractivity contribution in [1.82, 2.24) is 4.98 Å². The second kappa shape index (κ2) is 5.96. The van der Waals surface area contributed by atoms with E-state index in [1.54, 1.807) is 19.3 Å². The van der Waals surface area contributed by atoms with Crippen LogP contribution >= 0.6 is 0 Å². The Morgan fingerprint density at radius 3 is 2.80 bits per heavy atom. The van der Waals surface area contributed by atoms with Gasteiger partial charge in [0.05, 0.1) is 5.92 Å². The molecule has 1 rings (SSSR count). The van der Waals surface area contributed by atoms with Crippen LogP contribution in [0.4, 0.5) is 0 Å². The van der Waals surface area contributed by atoms with E-state index in [9.17, 15) is 4.79 Å². The molecule has 0 bridgehead atoms. The zero-order valence-corrected chi connectivity index (χ0v) is 8.76. The molecule has 0 fully saturated rings. The van der Waals surface area contributed by atoms with E-state index in [1.165, 1.54) is 0 Å². The number of allylic oxidation sites excluding steroid dienone is 1. The molecule has 0 amide bonds. The fraction of sp³-hybridized carbons (Fsp3) is 0.333. The van der Waals surface area contributed by atoms with E-state index >= 15 is 0 Å². The van der Waals surface area contributed by atoms with E-state index in [-0.39, 0.29) is 5.92 Å². The molecule has 0 saturated carbocycles. The van der Waals surface area contributed by atoms with Crippen molar-refractivity contribution >= 4 is 12.0 Å². The summed E-state index contributed by atoms with van der Waals surface area (Å²) in [5, 5.41) is 8.67. The van der Waals surface area contributed by atoms with Gasteiger partial charge in [-0.05, 0) is 30.5 Å². The van der Waals surface area contributed by atoms with Gasteiger partial charge in [-0.15, -0.1) is 0 Å². The van der Waals surface area contributed by atoms with Crippen LogP contribution in [0.25, 0.3) is 6.08 Å². The summed E-state index contributed by atoms with van der Waals surface area (Å²) in [6.45, 7) is 1.72. The fourth-order valence-corrected chi connectivity index (χ4v) is 1.16. The third-order valence-corrected chi connectivity index (χ3v) is 2.20. The highest BCUT2D eigenvalue weighted by atomic mass is 16.4. The van der Waals surface area contributed by atoms with E-state index in [0.29, 0.717) is 6.42 Å². The normalized spacial score (nSPS) is 12.9. The molecule has 0 aliphatic heterocycles. The number of aliphatic carboxylic acids is 1. The van der Waals surface area contributed by atoms with Crippen LogP contribution in [0.1, 0.15) is 25.3 Å². The Morgan fingerprint density at radius 1 is 1.53 bits per heavy atom. The molecule has 1 aromatic rings. The van der Waals surface area contributed by atoms with Crippen LogP contribution in [-0.2, 0) is 4.79 Å². The van der Waals surface area contributed by atoms with Crippen molar-refractivity contribution in [3.63, 3.8) is 0 Å². The molecule has 3 heteroatoms. The van der Waals surface area contributed by atoms with Crippen molar-refractivity contribution in [3.8, 4) is 0 Å². The molecule has 1 aromatic heterocycles. The molecule has 0 saturated heterocycles. The maximum absolute atomic E-state index is 10.5. The van der Waals surface area contributed by atoms with Crippen molar-refractivity contribution in [3.05, 3.63) is 36.2 Å². The SMILES string of the molecule is CC(CC/C=C/c1ccncc1)C(=O)O. The number of nitrogens with zero attached hydrogens (tertiary/aromatic N) is 1. The van der Waals surface area contributed by atoms with Crippen molar-refractivity contribution in [2.24, 2.45) is 5.92 Å². The zero-order valence-electron chi connectivity index (χ0n) is 8.76. The first-order valence-corrected chi connectivity index (χ1v) is 4.99. The van der Waals surface area contributed by atoms with Gasteiger partial charge in [0.2, 0.25) is 0 Å². The number of carbonyl (C=O) groups is 1. The molecule has 0 radical (unpaired) electrons. The average molecular weight is 205 g/mol. The van der Waals surface area contributed by atoms with Crippen molar-refractivity contribution in [2.45, 2.75) is 19.8 Å². The van der Waals surface area contributed by atoms with Gasteiger partial charge in [-0.25, -0.2) is 0 Å². The largest absolute Gasteiger partial charge is 0.481 e. The van der Waals surface area contributed by atoms with Gasteiger partial charge in [0, 0.05) is 12.4 Å². The van der Waals surface area contributed by atoms with Gasteiger partial charge in [0.15, 0.2) is 0 Å². The zero-order chi connectivity index (χ0) is 11.1. The summed E-state index contributed by atoms with van der Waals surface area (Å²) in [7, 11) is 0. The van der Waals surface area contributed by atoms with Crippen molar-refractivity contribution < 1.29 is 9.90 Å². The van der Waals surface area contributed by atoms with Gasteiger partial charge in [-0.3, -0.25) is 9.78 Å². The Balaban J connectivity index is 2.32. The monoisotopic (exact) mass is 205 g/mol. The van der Waals surface area contributed by atoms with Gasteiger partial charge in [-0.2, -0.15) is 0 Å². The smallest absolute Gasteiger partial charge is 0.306 e. The molecule has 1 unspecified atom stereocenters. The van der Waals surface area contributed by atoms with Gasteiger partial charge >= 0.3 is 5.97 Å². The van der Waals surface area contributed by atoms with Crippen LogP contribution in [0.15, 0.2) is 30.6 Å². The first kappa shape index (κ1) is 11.4. The average Bonchev–Trinajstić information content (AvgIpc) is 2.25. The molecule has 3 nitrogen and oxygen atoms in total. The highest BCUT2D eigenvalue weighted by molar-refractivity contribution is 5.69. The molecular weight excluding hydrogens is 190 g/mol. The van der Waals surface area contributed by atoms with E-state index in [2.05, 4.69) is 4.98 Å². The summed E-state index contributed by atoms with van der Waals surface area (Å²) < 4.78 is 0. The van der Waals surface area contributed by atoms with Crippen LogP contribution in [0, 0.1) is 5.92 Å². The van der Waals surface area contributed by atoms with Crippen LogP contribution < -0.4 is 0 Å². The Labute approximate surface area is 89.5 Å². The topological polar surface area (TPSA) is 50.2 Å². The predicted molar refractivity (Wildman–Crippen MR) is 59.3 cm³/mol. The summed E-state index contributed by atoms with van der Waals surface area (Å²) in [6.07, 6.45) is 8.91. The molecule has 1 heterocycles. The summed E-state index contributed by atoms with van der Waals surface area (Å²) in [4.78, 5) is 14.4. The van der Waals surface area contributed by atoms with Crippen molar-refractivity contribution in [1.29, 1.82) is 0 Å². The van der Waals surface area contributed by atoms with Gasteiger partial charge in [0.25, 0.3) is 0 Å². The number of hydrogen-bond acceptors (Lipinski definition) is 2. The minimum Gasteiger partial charge on any atom is -0.481 e. The van der Waals surface area contributed by atoms with Crippen LogP contribution in [0.3, 0.4) is 0 Å². The molecule has 1 atom stereocenters. The van der Waals surface area contributed by atoms with E-state index < -0.39 is 5.97 Å². The molecule has 0 spiro atoms. The molecule has 1 N–H and O–H groups in total. The molecule has 80 valence electrons. The number of pyridine rings is 1. The second-order valence-corrected chi connectivity index (χ2v) is 3.50. The Kier molecular flexibility index (Phi) is 4.54. The third-order valence-electron chi connectivity index (χ3n) is 2.20. The lowest BCUT2D eigenvalue weighted by Crippen LogP contribution is -2.08. The Bertz CT molecular complexity index is 333. The number of carboxylic acids is 1. The lowest BCUT2D eigenvalue weighted by molar-refractivity contribution is -0.141. The summed E-state index contributed by atoms with van der Waals surface area (Å²) in [6, 6.07) is 3.83. The van der Waals surface area contributed by atoms with E-state index in [1.807, 2.05) is 24.3 Å². The highest BCUT2D eigenvalue weighted by Gasteiger charge is 2.08. The minimum absolute atomic E-state index is 0.271. The highest BCUT2D eigenvalue weighted by Crippen LogP contribution is 2.07. The van der Waals surface area contributed by atoms with Gasteiger partial charge in [0.1, 0.15) is 0 Å². The van der Waals surface area contributed by atoms with Gasteiger partial charge in [-0.1, -0.05) is 19.1 Å². The number of rotatable bonds is 5.